The molecular formula is C10H17F3N2O3. The van der Waals surface area contributed by atoms with Crippen molar-refractivity contribution in [3.05, 3.63) is 0 Å². The highest BCUT2D eigenvalue weighted by atomic mass is 19.4. The van der Waals surface area contributed by atoms with E-state index in [1.165, 1.54) is 6.92 Å². The number of halogens is 3. The molecule has 1 unspecified atom stereocenters. The molecule has 18 heavy (non-hydrogen) atoms. The largest absolute Gasteiger partial charge is 0.480 e. The number of alkyl halides is 3. The highest BCUT2D eigenvalue weighted by Crippen LogP contribution is 2.18. The lowest BCUT2D eigenvalue weighted by atomic mass is 9.97. The maximum Gasteiger partial charge on any atom is 0.390 e. The van der Waals surface area contributed by atoms with Crippen molar-refractivity contribution in [2.75, 3.05) is 6.54 Å². The number of carbonyl (C=O) groups excluding carboxylic acids is 1. The molecule has 0 saturated carbocycles. The van der Waals surface area contributed by atoms with Crippen LogP contribution in [0.3, 0.4) is 0 Å². The summed E-state index contributed by atoms with van der Waals surface area (Å²) in [7, 11) is 0. The fourth-order valence-electron chi connectivity index (χ4n) is 1.34. The predicted octanol–water partition coefficient (Wildman–Crippen LogP) is 1.88. The van der Waals surface area contributed by atoms with Crippen molar-refractivity contribution in [3.63, 3.8) is 0 Å². The van der Waals surface area contributed by atoms with Crippen molar-refractivity contribution in [1.82, 2.24) is 10.6 Å². The Morgan fingerprint density at radius 1 is 1.22 bits per heavy atom. The molecule has 0 aromatic rings. The third kappa shape index (κ3) is 6.31. The van der Waals surface area contributed by atoms with Gasteiger partial charge in [0.25, 0.3) is 0 Å². The molecule has 0 heterocycles. The van der Waals surface area contributed by atoms with Crippen LogP contribution >= 0.6 is 0 Å². The van der Waals surface area contributed by atoms with Gasteiger partial charge in [-0.05, 0) is 13.3 Å². The minimum Gasteiger partial charge on any atom is -0.480 e. The summed E-state index contributed by atoms with van der Waals surface area (Å²) in [6, 6.07) is -0.919. The second kappa shape index (κ2) is 6.46. The zero-order chi connectivity index (χ0) is 14.4. The number of carbonyl (C=O) groups is 2. The van der Waals surface area contributed by atoms with Crippen molar-refractivity contribution < 1.29 is 27.9 Å². The molecule has 0 aromatic carbocycles. The number of hydrogen-bond donors (Lipinski definition) is 3. The second-order valence-corrected chi connectivity index (χ2v) is 4.13. The Hall–Kier alpha value is -1.47. The van der Waals surface area contributed by atoms with Gasteiger partial charge in [0, 0.05) is 6.54 Å². The zero-order valence-corrected chi connectivity index (χ0v) is 10.2. The second-order valence-electron chi connectivity index (χ2n) is 4.13. The Labute approximate surface area is 103 Å². The van der Waals surface area contributed by atoms with Crippen LogP contribution in [-0.4, -0.2) is 35.4 Å². The first-order valence-corrected chi connectivity index (χ1v) is 5.47. The topological polar surface area (TPSA) is 78.4 Å². The molecule has 0 spiro atoms. The van der Waals surface area contributed by atoms with Crippen LogP contribution in [0.5, 0.6) is 0 Å². The van der Waals surface area contributed by atoms with Gasteiger partial charge in [-0.1, -0.05) is 13.3 Å². The quantitative estimate of drug-likeness (QED) is 0.689. The van der Waals surface area contributed by atoms with Crippen LogP contribution in [0, 0.1) is 0 Å². The number of rotatable bonds is 6. The minimum atomic E-state index is -4.35. The van der Waals surface area contributed by atoms with Gasteiger partial charge < -0.3 is 15.7 Å². The van der Waals surface area contributed by atoms with E-state index in [-0.39, 0.29) is 6.42 Å². The number of hydrogen-bond acceptors (Lipinski definition) is 2. The molecule has 0 aliphatic rings. The van der Waals surface area contributed by atoms with E-state index in [1.54, 1.807) is 6.92 Å². The molecule has 106 valence electrons. The van der Waals surface area contributed by atoms with E-state index in [9.17, 15) is 22.8 Å². The van der Waals surface area contributed by atoms with Gasteiger partial charge >= 0.3 is 18.2 Å². The van der Waals surface area contributed by atoms with E-state index in [1.807, 2.05) is 5.32 Å². The molecule has 0 radical (unpaired) electrons. The lowest BCUT2D eigenvalue weighted by Gasteiger charge is -2.25. The third-order valence-electron chi connectivity index (χ3n) is 2.31. The number of nitrogens with one attached hydrogen (secondary N) is 2. The monoisotopic (exact) mass is 270 g/mol. The van der Waals surface area contributed by atoms with Crippen molar-refractivity contribution in [2.24, 2.45) is 0 Å². The zero-order valence-electron chi connectivity index (χ0n) is 10.2. The molecule has 3 N–H and O–H groups in total. The molecule has 0 bridgehead atoms. The molecule has 2 amide bonds. The van der Waals surface area contributed by atoms with Crippen LogP contribution < -0.4 is 10.6 Å². The summed E-state index contributed by atoms with van der Waals surface area (Å²) < 4.78 is 35.5. The van der Waals surface area contributed by atoms with Gasteiger partial charge in [0.05, 0.1) is 6.42 Å². The minimum absolute atomic E-state index is 0.190. The van der Waals surface area contributed by atoms with Gasteiger partial charge in [0.15, 0.2) is 0 Å². The summed E-state index contributed by atoms with van der Waals surface area (Å²) in [5.74, 6) is -1.23. The van der Waals surface area contributed by atoms with E-state index in [2.05, 4.69) is 5.32 Å². The normalized spacial score (nSPS) is 14.7. The summed E-state index contributed by atoms with van der Waals surface area (Å²) in [4.78, 5) is 22.2. The Morgan fingerprint density at radius 2 is 1.78 bits per heavy atom. The average molecular weight is 270 g/mol. The first-order valence-electron chi connectivity index (χ1n) is 5.47. The van der Waals surface area contributed by atoms with Gasteiger partial charge in [0.2, 0.25) is 0 Å². The van der Waals surface area contributed by atoms with E-state index in [0.717, 1.165) is 0 Å². The van der Waals surface area contributed by atoms with Crippen LogP contribution in [0.1, 0.15) is 33.1 Å². The summed E-state index contributed by atoms with van der Waals surface area (Å²) in [5, 5.41) is 13.1. The Kier molecular flexibility index (Phi) is 5.93. The SMILES string of the molecule is CCCC(C)(NC(=O)NCCC(F)(F)F)C(=O)O. The van der Waals surface area contributed by atoms with Crippen LogP contribution in [0.4, 0.5) is 18.0 Å². The molecule has 0 saturated heterocycles. The van der Waals surface area contributed by atoms with E-state index < -0.39 is 36.7 Å². The van der Waals surface area contributed by atoms with Gasteiger partial charge in [-0.2, -0.15) is 13.2 Å². The van der Waals surface area contributed by atoms with Crippen molar-refractivity contribution >= 4 is 12.0 Å². The molecule has 0 rings (SSSR count). The number of carboxylic acid groups (broad SMARTS) is 1. The van der Waals surface area contributed by atoms with Gasteiger partial charge in [-0.15, -0.1) is 0 Å². The average Bonchev–Trinajstić information content (AvgIpc) is 2.15. The molecule has 8 heteroatoms. The van der Waals surface area contributed by atoms with E-state index in [4.69, 9.17) is 5.11 Å². The molecular weight excluding hydrogens is 253 g/mol. The standard InChI is InChI=1S/C10H17F3N2O3/c1-3-4-9(2,7(16)17)15-8(18)14-6-5-10(11,12)13/h3-6H2,1-2H3,(H,16,17)(H2,14,15,18). The maximum absolute atomic E-state index is 11.8. The highest BCUT2D eigenvalue weighted by Gasteiger charge is 2.34. The molecule has 0 aliphatic heterocycles. The van der Waals surface area contributed by atoms with E-state index in [0.29, 0.717) is 6.42 Å². The number of aliphatic carboxylic acids is 1. The Morgan fingerprint density at radius 3 is 2.17 bits per heavy atom. The fraction of sp³-hybridized carbons (Fsp3) is 0.800. The molecule has 5 nitrogen and oxygen atoms in total. The van der Waals surface area contributed by atoms with Crippen LogP contribution in [0.25, 0.3) is 0 Å². The molecule has 0 aliphatic carbocycles. The molecule has 0 aromatic heterocycles. The van der Waals surface area contributed by atoms with Gasteiger partial charge in [-0.25, -0.2) is 9.59 Å². The van der Waals surface area contributed by atoms with Gasteiger partial charge in [-0.3, -0.25) is 0 Å². The molecule has 1 atom stereocenters. The maximum atomic E-state index is 11.8. The summed E-state index contributed by atoms with van der Waals surface area (Å²) in [6.45, 7) is 2.46. The summed E-state index contributed by atoms with van der Waals surface area (Å²) >= 11 is 0. The number of urea groups is 1. The highest BCUT2D eigenvalue weighted by molar-refractivity contribution is 5.85. The lowest BCUT2D eigenvalue weighted by molar-refractivity contribution is -0.144. The Balaban J connectivity index is 4.24. The summed E-state index contributed by atoms with van der Waals surface area (Å²) in [5.41, 5.74) is -1.48. The predicted molar refractivity (Wildman–Crippen MR) is 58.2 cm³/mol. The number of carboxylic acids is 1. The van der Waals surface area contributed by atoms with Crippen LogP contribution in [0.2, 0.25) is 0 Å². The van der Waals surface area contributed by atoms with Crippen molar-refractivity contribution in [1.29, 1.82) is 0 Å². The van der Waals surface area contributed by atoms with Crippen molar-refractivity contribution in [3.8, 4) is 0 Å². The van der Waals surface area contributed by atoms with E-state index >= 15 is 0 Å². The van der Waals surface area contributed by atoms with Crippen molar-refractivity contribution in [2.45, 2.75) is 44.8 Å². The molecule has 0 fully saturated rings. The van der Waals surface area contributed by atoms with Crippen LogP contribution in [0.15, 0.2) is 0 Å². The first-order chi connectivity index (χ1) is 8.10. The fourth-order valence-corrected chi connectivity index (χ4v) is 1.34. The van der Waals surface area contributed by atoms with Gasteiger partial charge in [0.1, 0.15) is 5.54 Å². The first kappa shape index (κ1) is 16.5. The lowest BCUT2D eigenvalue weighted by Crippen LogP contribution is -2.55. The smallest absolute Gasteiger partial charge is 0.390 e. The summed E-state index contributed by atoms with van der Waals surface area (Å²) in [6.07, 6.45) is -4.80. The Bertz CT molecular complexity index is 307. The third-order valence-corrected chi connectivity index (χ3v) is 2.31. The van der Waals surface area contributed by atoms with Crippen LogP contribution in [-0.2, 0) is 4.79 Å². The number of amides is 2.